The highest BCUT2D eigenvalue weighted by molar-refractivity contribution is 7.92. The highest BCUT2D eigenvalue weighted by atomic mass is 35.5. The zero-order valence-corrected chi connectivity index (χ0v) is 15.6. The molecule has 5 nitrogen and oxygen atoms in total. The molecule has 0 aliphatic heterocycles. The van der Waals surface area contributed by atoms with Gasteiger partial charge in [0.25, 0.3) is 15.9 Å². The summed E-state index contributed by atoms with van der Waals surface area (Å²) < 4.78 is 26.9. The number of nitrogens with one attached hydrogen (secondary N) is 1. The summed E-state index contributed by atoms with van der Waals surface area (Å²) in [6, 6.07) is 12.6. The molecule has 0 bridgehead atoms. The molecule has 128 valence electrons. The molecule has 0 aliphatic rings. The third-order valence-electron chi connectivity index (χ3n) is 3.17. The summed E-state index contributed by atoms with van der Waals surface area (Å²) in [4.78, 5) is 17.1. The van der Waals surface area contributed by atoms with E-state index in [9.17, 15) is 13.2 Å². The van der Waals surface area contributed by atoms with Gasteiger partial charge in [0.15, 0.2) is 0 Å². The van der Waals surface area contributed by atoms with Gasteiger partial charge in [0, 0.05) is 11.2 Å². The second-order valence-electron chi connectivity index (χ2n) is 4.89. The molecule has 3 aromatic rings. The Morgan fingerprint density at radius 3 is 2.56 bits per heavy atom. The SMILES string of the molecule is O=C(NS(=O)(=O)c1ccc(-c2ccccn2)s1)c1ccc(Cl)cc1Cl. The van der Waals surface area contributed by atoms with E-state index in [-0.39, 0.29) is 14.8 Å². The molecular weight excluding hydrogens is 403 g/mol. The Labute approximate surface area is 158 Å². The standard InChI is InChI=1S/C16H10Cl2N2O3S2/c17-10-4-5-11(12(18)9-10)16(21)20-25(22,23)15-7-6-14(24-15)13-3-1-2-8-19-13/h1-9H,(H,20,21). The summed E-state index contributed by atoms with van der Waals surface area (Å²) >= 11 is 12.7. The highest BCUT2D eigenvalue weighted by Crippen LogP contribution is 2.29. The molecule has 1 N–H and O–H groups in total. The number of aromatic nitrogens is 1. The van der Waals surface area contributed by atoms with E-state index in [2.05, 4.69) is 4.98 Å². The lowest BCUT2D eigenvalue weighted by molar-refractivity contribution is 0.0981. The fourth-order valence-corrected chi connectivity index (χ4v) is 4.76. The van der Waals surface area contributed by atoms with Gasteiger partial charge in [-0.2, -0.15) is 0 Å². The molecular formula is C16H10Cl2N2O3S2. The number of nitrogens with zero attached hydrogens (tertiary/aromatic N) is 1. The Balaban J connectivity index is 1.85. The molecule has 1 aromatic carbocycles. The topological polar surface area (TPSA) is 76.1 Å². The summed E-state index contributed by atoms with van der Waals surface area (Å²) in [6.07, 6.45) is 1.62. The molecule has 0 radical (unpaired) electrons. The van der Waals surface area contributed by atoms with Crippen LogP contribution in [-0.2, 0) is 10.0 Å². The van der Waals surface area contributed by atoms with Gasteiger partial charge in [-0.05, 0) is 42.5 Å². The Morgan fingerprint density at radius 1 is 1.08 bits per heavy atom. The van der Waals surface area contributed by atoms with E-state index in [0.717, 1.165) is 11.3 Å². The van der Waals surface area contributed by atoms with Crippen LogP contribution in [0.1, 0.15) is 10.4 Å². The van der Waals surface area contributed by atoms with Crippen LogP contribution >= 0.6 is 34.5 Å². The Kier molecular flexibility index (Phi) is 5.10. The van der Waals surface area contributed by atoms with Crippen LogP contribution in [0, 0.1) is 0 Å². The molecule has 0 saturated carbocycles. The van der Waals surface area contributed by atoms with Gasteiger partial charge in [-0.1, -0.05) is 29.3 Å². The smallest absolute Gasteiger partial charge is 0.268 e. The van der Waals surface area contributed by atoms with Crippen LogP contribution in [0.2, 0.25) is 10.0 Å². The van der Waals surface area contributed by atoms with Gasteiger partial charge in [0.1, 0.15) is 4.21 Å². The number of amides is 1. The molecule has 25 heavy (non-hydrogen) atoms. The van der Waals surface area contributed by atoms with Crippen LogP contribution in [0.15, 0.2) is 58.9 Å². The molecule has 0 spiro atoms. The molecule has 0 atom stereocenters. The Bertz CT molecular complexity index is 1030. The van der Waals surface area contributed by atoms with Crippen molar-refractivity contribution in [1.82, 2.24) is 9.71 Å². The van der Waals surface area contributed by atoms with Gasteiger partial charge in [-0.15, -0.1) is 11.3 Å². The zero-order chi connectivity index (χ0) is 18.0. The predicted octanol–water partition coefficient (Wildman–Crippen LogP) is 4.24. The first kappa shape index (κ1) is 17.9. The van der Waals surface area contributed by atoms with E-state index in [1.807, 2.05) is 4.72 Å². The second-order valence-corrected chi connectivity index (χ2v) is 8.73. The van der Waals surface area contributed by atoms with E-state index in [4.69, 9.17) is 23.2 Å². The summed E-state index contributed by atoms with van der Waals surface area (Å²) in [6.45, 7) is 0. The van der Waals surface area contributed by atoms with Crippen LogP contribution in [0.3, 0.4) is 0 Å². The first-order valence-corrected chi connectivity index (χ1v) is 9.96. The van der Waals surface area contributed by atoms with Gasteiger partial charge in [0.05, 0.1) is 21.2 Å². The number of carbonyl (C=O) groups excluding carboxylic acids is 1. The quantitative estimate of drug-likeness (QED) is 0.695. The first-order valence-electron chi connectivity index (χ1n) is 6.90. The van der Waals surface area contributed by atoms with E-state index < -0.39 is 15.9 Å². The van der Waals surface area contributed by atoms with E-state index in [1.165, 1.54) is 24.3 Å². The maximum atomic E-state index is 12.4. The fraction of sp³-hybridized carbons (Fsp3) is 0. The predicted molar refractivity (Wildman–Crippen MR) is 98.7 cm³/mol. The van der Waals surface area contributed by atoms with Crippen molar-refractivity contribution in [3.05, 3.63) is 70.3 Å². The minimum Gasteiger partial charge on any atom is -0.268 e. The number of sulfonamides is 1. The van der Waals surface area contributed by atoms with Crippen molar-refractivity contribution in [2.45, 2.75) is 4.21 Å². The number of pyridine rings is 1. The molecule has 2 heterocycles. The van der Waals surface area contributed by atoms with Crippen LogP contribution in [-0.4, -0.2) is 19.3 Å². The second kappa shape index (κ2) is 7.13. The van der Waals surface area contributed by atoms with Crippen LogP contribution in [0.5, 0.6) is 0 Å². The number of carbonyl (C=O) groups is 1. The van der Waals surface area contributed by atoms with Crippen molar-refractivity contribution in [2.24, 2.45) is 0 Å². The molecule has 0 saturated heterocycles. The number of rotatable bonds is 4. The fourth-order valence-electron chi connectivity index (χ4n) is 2.01. The molecule has 9 heteroatoms. The summed E-state index contributed by atoms with van der Waals surface area (Å²) in [5.74, 6) is -0.825. The minimum atomic E-state index is -4.02. The van der Waals surface area contributed by atoms with Crippen molar-refractivity contribution in [3.63, 3.8) is 0 Å². The minimum absolute atomic E-state index is 0.00610. The van der Waals surface area contributed by atoms with Crippen molar-refractivity contribution < 1.29 is 13.2 Å². The summed E-state index contributed by atoms with van der Waals surface area (Å²) in [7, 11) is -4.02. The number of thiophene rings is 1. The molecule has 1 amide bonds. The maximum Gasteiger partial charge on any atom is 0.273 e. The van der Waals surface area contributed by atoms with Crippen molar-refractivity contribution >= 4 is 50.5 Å². The lowest BCUT2D eigenvalue weighted by Crippen LogP contribution is -2.30. The van der Waals surface area contributed by atoms with Crippen molar-refractivity contribution in [2.75, 3.05) is 0 Å². The Hall–Kier alpha value is -1.93. The van der Waals surface area contributed by atoms with Crippen LogP contribution in [0.4, 0.5) is 0 Å². The third-order valence-corrected chi connectivity index (χ3v) is 6.64. The van der Waals surface area contributed by atoms with E-state index >= 15 is 0 Å². The molecule has 0 aliphatic carbocycles. The number of halogens is 2. The molecule has 3 rings (SSSR count). The van der Waals surface area contributed by atoms with Gasteiger partial charge >= 0.3 is 0 Å². The van der Waals surface area contributed by atoms with Crippen LogP contribution in [0.25, 0.3) is 10.6 Å². The molecule has 0 fully saturated rings. The number of hydrogen-bond donors (Lipinski definition) is 1. The highest BCUT2D eigenvalue weighted by Gasteiger charge is 2.22. The Morgan fingerprint density at radius 2 is 1.88 bits per heavy atom. The largest absolute Gasteiger partial charge is 0.273 e. The monoisotopic (exact) mass is 412 g/mol. The normalized spacial score (nSPS) is 11.3. The van der Waals surface area contributed by atoms with E-state index in [1.54, 1.807) is 30.5 Å². The lowest BCUT2D eigenvalue weighted by atomic mass is 10.2. The average Bonchev–Trinajstić information content (AvgIpc) is 3.06. The lowest BCUT2D eigenvalue weighted by Gasteiger charge is -2.06. The molecule has 0 unspecified atom stereocenters. The maximum absolute atomic E-state index is 12.4. The van der Waals surface area contributed by atoms with Crippen molar-refractivity contribution in [3.8, 4) is 10.6 Å². The van der Waals surface area contributed by atoms with Gasteiger partial charge in [-0.25, -0.2) is 13.1 Å². The summed E-state index contributed by atoms with van der Waals surface area (Å²) in [5, 5.41) is 0.420. The van der Waals surface area contributed by atoms with Crippen molar-refractivity contribution in [1.29, 1.82) is 0 Å². The van der Waals surface area contributed by atoms with E-state index in [0.29, 0.717) is 15.6 Å². The van der Waals surface area contributed by atoms with Gasteiger partial charge < -0.3 is 0 Å². The molecule has 2 aromatic heterocycles. The third kappa shape index (κ3) is 4.01. The zero-order valence-electron chi connectivity index (χ0n) is 12.4. The number of benzene rings is 1. The van der Waals surface area contributed by atoms with Gasteiger partial charge in [-0.3, -0.25) is 9.78 Å². The van der Waals surface area contributed by atoms with Crippen LogP contribution < -0.4 is 4.72 Å². The summed E-state index contributed by atoms with van der Waals surface area (Å²) in [5.41, 5.74) is 0.678. The average molecular weight is 413 g/mol. The first-order chi connectivity index (χ1) is 11.9. The van der Waals surface area contributed by atoms with Gasteiger partial charge in [0.2, 0.25) is 0 Å². The number of hydrogen-bond acceptors (Lipinski definition) is 5.